The van der Waals surface area contributed by atoms with Gasteiger partial charge in [0, 0.05) is 0 Å². The molecule has 1 aromatic rings. The minimum absolute atomic E-state index is 0.0515. The van der Waals surface area contributed by atoms with Crippen LogP contribution >= 0.6 is 11.8 Å². The molecule has 0 bridgehead atoms. The molecule has 0 aliphatic carbocycles. The number of alkyl halides is 2. The molecule has 4 heteroatoms. The summed E-state index contributed by atoms with van der Waals surface area (Å²) in [6.07, 6.45) is 0.426. The van der Waals surface area contributed by atoms with Crippen LogP contribution in [0.1, 0.15) is 12.0 Å². The van der Waals surface area contributed by atoms with Crippen molar-refractivity contribution in [3.05, 3.63) is 17.9 Å². The van der Waals surface area contributed by atoms with E-state index in [1.807, 2.05) is 0 Å². The van der Waals surface area contributed by atoms with Gasteiger partial charge < -0.3 is 4.42 Å². The first-order valence-electron chi connectivity index (χ1n) is 2.64. The van der Waals surface area contributed by atoms with Crippen molar-refractivity contribution in [2.45, 2.75) is 11.5 Å². The van der Waals surface area contributed by atoms with Crippen molar-refractivity contribution < 1.29 is 13.2 Å². The Morgan fingerprint density at radius 2 is 2.30 bits per heavy atom. The molecule has 1 rings (SSSR count). The Balaban J connectivity index is 2.78. The summed E-state index contributed by atoms with van der Waals surface area (Å²) >= 11 is 1.31. The number of hydrogen-bond donors (Lipinski definition) is 0. The molecule has 10 heavy (non-hydrogen) atoms. The monoisotopic (exact) mass is 164 g/mol. The number of hydrogen-bond acceptors (Lipinski definition) is 2. The maximum Gasteiger partial charge on any atom is 0.266 e. The molecule has 0 aliphatic rings. The molecule has 0 saturated carbocycles. The molecule has 0 radical (unpaired) electrons. The molecule has 0 atom stereocenters. The minimum Gasteiger partial charge on any atom is -0.458 e. The van der Waals surface area contributed by atoms with Gasteiger partial charge in [-0.15, -0.1) is 0 Å². The molecule has 0 unspecified atom stereocenters. The fourth-order valence-corrected chi connectivity index (χ4v) is 0.950. The Morgan fingerprint density at radius 1 is 1.60 bits per heavy atom. The number of rotatable bonds is 2. The Bertz CT molecular complexity index is 209. The van der Waals surface area contributed by atoms with Crippen LogP contribution in [0.2, 0.25) is 0 Å². The Kier molecular flexibility index (Phi) is 2.32. The summed E-state index contributed by atoms with van der Waals surface area (Å²) in [5.41, 5.74) is -0.0515. The fraction of sp³-hybridized carbons (Fsp3) is 0.333. The van der Waals surface area contributed by atoms with Crippen molar-refractivity contribution in [1.82, 2.24) is 0 Å². The van der Waals surface area contributed by atoms with Crippen molar-refractivity contribution in [2.75, 3.05) is 6.26 Å². The van der Waals surface area contributed by atoms with Gasteiger partial charge in [0.2, 0.25) is 0 Å². The van der Waals surface area contributed by atoms with Gasteiger partial charge in [-0.1, -0.05) is 11.8 Å². The van der Waals surface area contributed by atoms with E-state index in [1.165, 1.54) is 17.8 Å². The van der Waals surface area contributed by atoms with Crippen LogP contribution in [0.15, 0.2) is 21.8 Å². The lowest BCUT2D eigenvalue weighted by Crippen LogP contribution is -1.75. The predicted molar refractivity (Wildman–Crippen MR) is 35.4 cm³/mol. The molecule has 0 spiro atoms. The van der Waals surface area contributed by atoms with Crippen LogP contribution in [0.5, 0.6) is 0 Å². The van der Waals surface area contributed by atoms with Crippen molar-refractivity contribution >= 4 is 11.8 Å². The molecule has 1 nitrogen and oxygen atoms in total. The third-order valence-electron chi connectivity index (χ3n) is 1.05. The van der Waals surface area contributed by atoms with E-state index in [0.717, 1.165) is 6.26 Å². The summed E-state index contributed by atoms with van der Waals surface area (Å²) in [6, 6.07) is 1.34. The first-order chi connectivity index (χ1) is 4.74. The zero-order chi connectivity index (χ0) is 7.56. The smallest absolute Gasteiger partial charge is 0.266 e. The lowest BCUT2D eigenvalue weighted by molar-refractivity contribution is 0.150. The first-order valence-corrected chi connectivity index (χ1v) is 3.87. The van der Waals surface area contributed by atoms with E-state index in [1.54, 1.807) is 6.26 Å². The second-order valence-corrected chi connectivity index (χ2v) is 2.51. The van der Waals surface area contributed by atoms with Crippen LogP contribution in [0.3, 0.4) is 0 Å². The summed E-state index contributed by atoms with van der Waals surface area (Å²) in [5, 5.41) is 0.523. The number of furan rings is 1. The minimum atomic E-state index is -2.43. The zero-order valence-electron chi connectivity index (χ0n) is 5.30. The molecule has 1 aromatic heterocycles. The van der Waals surface area contributed by atoms with Crippen LogP contribution in [-0.4, -0.2) is 6.26 Å². The molecule has 0 aromatic carbocycles. The normalized spacial score (nSPS) is 10.8. The first kappa shape index (κ1) is 7.60. The summed E-state index contributed by atoms with van der Waals surface area (Å²) < 4.78 is 28.5. The maximum atomic E-state index is 11.8. The lowest BCUT2D eigenvalue weighted by atomic mass is 10.4. The largest absolute Gasteiger partial charge is 0.458 e. The van der Waals surface area contributed by atoms with Gasteiger partial charge in [-0.2, -0.15) is 0 Å². The standard InChI is InChI=1S/C6H6F2OS/c1-10-5-2-4(3-9-5)6(7)8/h2-3,6H,1H3. The van der Waals surface area contributed by atoms with E-state index in [4.69, 9.17) is 4.42 Å². The fourth-order valence-electron chi connectivity index (χ4n) is 0.552. The van der Waals surface area contributed by atoms with Crippen LogP contribution in [0.4, 0.5) is 8.78 Å². The van der Waals surface area contributed by atoms with Crippen LogP contribution in [0.25, 0.3) is 0 Å². The highest BCUT2D eigenvalue weighted by Gasteiger charge is 2.09. The van der Waals surface area contributed by atoms with Gasteiger partial charge >= 0.3 is 0 Å². The van der Waals surface area contributed by atoms with Gasteiger partial charge in [0.1, 0.15) is 6.26 Å². The highest BCUT2D eigenvalue weighted by Crippen LogP contribution is 2.25. The number of thioether (sulfide) groups is 1. The van der Waals surface area contributed by atoms with Crippen LogP contribution < -0.4 is 0 Å². The van der Waals surface area contributed by atoms with Gasteiger partial charge in [0.25, 0.3) is 6.43 Å². The molecule has 0 amide bonds. The summed E-state index contributed by atoms with van der Waals surface area (Å²) in [5.74, 6) is 0. The summed E-state index contributed by atoms with van der Waals surface area (Å²) in [4.78, 5) is 0. The van der Waals surface area contributed by atoms with Crippen molar-refractivity contribution in [3.8, 4) is 0 Å². The third kappa shape index (κ3) is 1.50. The van der Waals surface area contributed by atoms with E-state index in [9.17, 15) is 8.78 Å². The average Bonchev–Trinajstić information content (AvgIpc) is 2.34. The highest BCUT2D eigenvalue weighted by atomic mass is 32.2. The third-order valence-corrected chi connectivity index (χ3v) is 1.67. The van der Waals surface area contributed by atoms with E-state index < -0.39 is 6.43 Å². The van der Waals surface area contributed by atoms with Gasteiger partial charge in [-0.05, 0) is 12.3 Å². The number of halogens is 2. The van der Waals surface area contributed by atoms with Crippen molar-refractivity contribution in [2.24, 2.45) is 0 Å². The van der Waals surface area contributed by atoms with E-state index in [0.29, 0.717) is 5.09 Å². The molecule has 56 valence electrons. The quantitative estimate of drug-likeness (QED) is 0.623. The average molecular weight is 164 g/mol. The SMILES string of the molecule is CSc1cc(C(F)F)co1. The summed E-state index contributed by atoms with van der Waals surface area (Å²) in [6.45, 7) is 0. The van der Waals surface area contributed by atoms with E-state index in [-0.39, 0.29) is 5.56 Å². The summed E-state index contributed by atoms with van der Waals surface area (Å²) in [7, 11) is 0. The zero-order valence-corrected chi connectivity index (χ0v) is 6.12. The van der Waals surface area contributed by atoms with Crippen molar-refractivity contribution in [3.63, 3.8) is 0 Å². The second kappa shape index (κ2) is 3.05. The molecule has 0 N–H and O–H groups in total. The molecule has 0 aliphatic heterocycles. The Morgan fingerprint density at radius 3 is 2.60 bits per heavy atom. The lowest BCUT2D eigenvalue weighted by Gasteiger charge is -1.86. The molecule has 0 saturated heterocycles. The Labute approximate surface area is 61.4 Å². The van der Waals surface area contributed by atoms with Crippen LogP contribution in [-0.2, 0) is 0 Å². The van der Waals surface area contributed by atoms with Gasteiger partial charge in [-0.3, -0.25) is 0 Å². The second-order valence-electron chi connectivity index (χ2n) is 1.70. The van der Waals surface area contributed by atoms with Gasteiger partial charge in [0.05, 0.1) is 5.56 Å². The molecule has 1 heterocycles. The maximum absolute atomic E-state index is 11.8. The molecular weight excluding hydrogens is 158 g/mol. The predicted octanol–water partition coefficient (Wildman–Crippen LogP) is 2.94. The van der Waals surface area contributed by atoms with E-state index >= 15 is 0 Å². The Hall–Kier alpha value is -0.510. The van der Waals surface area contributed by atoms with Gasteiger partial charge in [-0.25, -0.2) is 8.78 Å². The van der Waals surface area contributed by atoms with Crippen LogP contribution in [0, 0.1) is 0 Å². The van der Waals surface area contributed by atoms with E-state index in [2.05, 4.69) is 0 Å². The molecular formula is C6H6F2OS. The molecule has 0 fully saturated rings. The van der Waals surface area contributed by atoms with Gasteiger partial charge in [0.15, 0.2) is 5.09 Å². The van der Waals surface area contributed by atoms with Crippen molar-refractivity contribution in [1.29, 1.82) is 0 Å². The highest BCUT2D eigenvalue weighted by molar-refractivity contribution is 7.98. The topological polar surface area (TPSA) is 13.1 Å².